The molecule has 1 amide bonds. The molecule has 1 aliphatic heterocycles. The number of aryl methyl sites for hydroxylation is 1. The summed E-state index contributed by atoms with van der Waals surface area (Å²) in [7, 11) is -5.72. The molecule has 3 N–H and O–H groups in total. The number of sulfonamides is 1. The van der Waals surface area contributed by atoms with E-state index in [-0.39, 0.29) is 33.9 Å². The van der Waals surface area contributed by atoms with Crippen LogP contribution < -0.4 is 15.6 Å². The molecule has 33 heavy (non-hydrogen) atoms. The summed E-state index contributed by atoms with van der Waals surface area (Å²) in [5, 5.41) is 3.11. The minimum atomic E-state index is -3.70. The third kappa shape index (κ3) is 5.70. The van der Waals surface area contributed by atoms with Crippen LogP contribution in [0.3, 0.4) is 0 Å². The number of rotatable bonds is 8. The molecule has 1 aromatic carbocycles. The number of β-lactam (4-membered cyclic amide) rings is 1. The molecule has 9 heteroatoms. The van der Waals surface area contributed by atoms with E-state index < -0.39 is 18.3 Å². The first-order chi connectivity index (χ1) is 15.2. The number of carbonyl (C=O) groups is 1. The van der Waals surface area contributed by atoms with Crippen LogP contribution in [0.4, 0.5) is 0 Å². The Morgan fingerprint density at radius 1 is 1.12 bits per heavy atom. The highest BCUT2D eigenvalue weighted by atomic mass is 32.2. The summed E-state index contributed by atoms with van der Waals surface area (Å²) in [6, 6.07) is 6.61. The van der Waals surface area contributed by atoms with E-state index in [1.54, 1.807) is 24.3 Å². The fourth-order valence-electron chi connectivity index (χ4n) is 4.22. The van der Waals surface area contributed by atoms with Crippen LogP contribution in [0.25, 0.3) is 0 Å². The van der Waals surface area contributed by atoms with E-state index in [2.05, 4.69) is 49.4 Å². The van der Waals surface area contributed by atoms with E-state index in [1.807, 2.05) is 13.8 Å². The lowest BCUT2D eigenvalue weighted by atomic mass is 9.77. The van der Waals surface area contributed by atoms with Crippen LogP contribution in [0.5, 0.6) is 0 Å². The van der Waals surface area contributed by atoms with Gasteiger partial charge in [-0.15, -0.1) is 4.83 Å². The predicted molar refractivity (Wildman–Crippen MR) is 133 cm³/mol. The zero-order valence-corrected chi connectivity index (χ0v) is 22.7. The Morgan fingerprint density at radius 3 is 2.30 bits per heavy atom. The van der Waals surface area contributed by atoms with Crippen molar-refractivity contribution in [2.45, 2.75) is 95.5 Å². The van der Waals surface area contributed by atoms with Gasteiger partial charge in [0.1, 0.15) is 0 Å². The lowest BCUT2D eigenvalue weighted by molar-refractivity contribution is -0.138. The molecule has 0 unspecified atom stereocenters. The van der Waals surface area contributed by atoms with E-state index in [1.165, 1.54) is 0 Å². The Hall–Kier alpha value is -1.68. The maximum atomic E-state index is 12.7. The number of hydrogen-bond donors (Lipinski definition) is 3. The molecule has 1 fully saturated rings. The SMILES string of the molecule is Cc1ccc(S(=O)(=O)NNC2=C([C@H]3NC(=O)[C@@H]3[C@@H](C)O[Si](C)(C)C(C)(C)C)CCCC2)cc1. The summed E-state index contributed by atoms with van der Waals surface area (Å²) in [5.41, 5.74) is 5.90. The summed E-state index contributed by atoms with van der Waals surface area (Å²) in [6.07, 6.45) is 3.34. The van der Waals surface area contributed by atoms with Crippen molar-refractivity contribution in [3.63, 3.8) is 0 Å². The molecule has 1 aromatic rings. The van der Waals surface area contributed by atoms with Gasteiger partial charge >= 0.3 is 0 Å². The molecule has 0 bridgehead atoms. The first kappa shape index (κ1) is 25.9. The molecule has 7 nitrogen and oxygen atoms in total. The number of nitrogens with one attached hydrogen (secondary N) is 3. The zero-order chi connectivity index (χ0) is 24.6. The summed E-state index contributed by atoms with van der Waals surface area (Å²) in [6.45, 7) is 14.9. The van der Waals surface area contributed by atoms with Gasteiger partial charge in [-0.1, -0.05) is 38.5 Å². The second kappa shape index (κ2) is 9.52. The van der Waals surface area contributed by atoms with Gasteiger partial charge in [-0.3, -0.25) is 4.79 Å². The van der Waals surface area contributed by atoms with Crippen molar-refractivity contribution in [2.75, 3.05) is 0 Å². The van der Waals surface area contributed by atoms with Crippen molar-refractivity contribution in [2.24, 2.45) is 5.92 Å². The van der Waals surface area contributed by atoms with Gasteiger partial charge in [0.2, 0.25) is 5.91 Å². The molecule has 184 valence electrons. The lowest BCUT2D eigenvalue weighted by Crippen LogP contribution is -2.65. The Bertz CT molecular complexity index is 1010. The number of benzene rings is 1. The van der Waals surface area contributed by atoms with Crippen LogP contribution >= 0.6 is 0 Å². The third-order valence-corrected chi connectivity index (χ3v) is 13.1. The van der Waals surface area contributed by atoms with Crippen LogP contribution in [0.1, 0.15) is 58.9 Å². The fraction of sp³-hybridized carbons (Fsp3) is 0.625. The van der Waals surface area contributed by atoms with Crippen LogP contribution in [0.15, 0.2) is 40.4 Å². The van der Waals surface area contributed by atoms with Gasteiger partial charge in [-0.25, -0.2) is 8.42 Å². The average Bonchev–Trinajstić information content (AvgIpc) is 2.69. The van der Waals surface area contributed by atoms with Gasteiger partial charge in [-0.05, 0) is 75.4 Å². The molecule has 0 aromatic heterocycles. The highest BCUT2D eigenvalue weighted by Gasteiger charge is 2.49. The van der Waals surface area contributed by atoms with E-state index in [4.69, 9.17) is 4.43 Å². The van der Waals surface area contributed by atoms with Crippen molar-refractivity contribution in [1.29, 1.82) is 0 Å². The topological polar surface area (TPSA) is 96.5 Å². The summed E-state index contributed by atoms with van der Waals surface area (Å²) in [4.78, 5) is 15.3. The number of allylic oxidation sites excluding steroid dienone is 1. The molecule has 1 saturated heterocycles. The summed E-state index contributed by atoms with van der Waals surface area (Å²) in [5.74, 6) is -0.262. The number of hydrazine groups is 1. The second-order valence-electron chi connectivity index (χ2n) is 10.8. The molecule has 1 aliphatic carbocycles. The quantitative estimate of drug-likeness (QED) is 0.287. The average molecular weight is 494 g/mol. The molecule has 3 atom stereocenters. The second-order valence-corrected chi connectivity index (χ2v) is 17.3. The monoisotopic (exact) mass is 493 g/mol. The molecule has 0 radical (unpaired) electrons. The Balaban J connectivity index is 1.77. The highest BCUT2D eigenvalue weighted by molar-refractivity contribution is 7.89. The lowest BCUT2D eigenvalue weighted by Gasteiger charge is -2.47. The van der Waals surface area contributed by atoms with Gasteiger partial charge in [0.05, 0.1) is 23.0 Å². The predicted octanol–water partition coefficient (Wildman–Crippen LogP) is 4.13. The number of hydrogen-bond acceptors (Lipinski definition) is 5. The standard InChI is InChI=1S/C24H39N3O4SSi/c1-16-12-14-18(15-13-16)32(29,30)27-26-20-11-9-8-10-19(20)22-21(23(28)25-22)17(2)31-33(6,7)24(3,4)5/h12-15,17,21-22,26-27H,8-11H2,1-7H3,(H,25,28)/t17-,21-,22-/m1/s1. The number of amides is 1. The van der Waals surface area contributed by atoms with Gasteiger partial charge < -0.3 is 15.2 Å². The molecule has 2 aliphatic rings. The minimum absolute atomic E-state index is 0.00358. The van der Waals surface area contributed by atoms with Gasteiger partial charge in [0.25, 0.3) is 10.0 Å². The Labute approximate surface area is 199 Å². The van der Waals surface area contributed by atoms with Crippen molar-refractivity contribution in [3.8, 4) is 0 Å². The van der Waals surface area contributed by atoms with E-state index in [0.717, 1.165) is 42.5 Å². The molecular formula is C24H39N3O4SSi. The largest absolute Gasteiger partial charge is 0.413 e. The third-order valence-electron chi connectivity index (χ3n) is 7.31. The molecular weight excluding hydrogens is 454 g/mol. The first-order valence-electron chi connectivity index (χ1n) is 11.8. The maximum Gasteiger partial charge on any atom is 0.257 e. The number of carbonyl (C=O) groups excluding carboxylic acids is 1. The summed E-state index contributed by atoms with van der Waals surface area (Å²) < 4.78 is 32.0. The van der Waals surface area contributed by atoms with E-state index >= 15 is 0 Å². The van der Waals surface area contributed by atoms with Gasteiger partial charge in [0, 0.05) is 5.70 Å². The van der Waals surface area contributed by atoms with Crippen LogP contribution in [-0.2, 0) is 19.2 Å². The van der Waals surface area contributed by atoms with Gasteiger partial charge in [-0.2, -0.15) is 0 Å². The minimum Gasteiger partial charge on any atom is -0.413 e. The van der Waals surface area contributed by atoms with Crippen LogP contribution in [-0.4, -0.2) is 34.8 Å². The Kier molecular flexibility index (Phi) is 7.48. The normalized spacial score (nSPS) is 23.1. The molecule has 1 heterocycles. The zero-order valence-electron chi connectivity index (χ0n) is 20.9. The van der Waals surface area contributed by atoms with Gasteiger partial charge in [0.15, 0.2) is 8.32 Å². The van der Waals surface area contributed by atoms with E-state index in [0.29, 0.717) is 0 Å². The van der Waals surface area contributed by atoms with Crippen molar-refractivity contribution in [3.05, 3.63) is 41.1 Å². The molecule has 0 saturated carbocycles. The van der Waals surface area contributed by atoms with Crippen molar-refractivity contribution < 1.29 is 17.6 Å². The molecule has 0 spiro atoms. The highest BCUT2D eigenvalue weighted by Crippen LogP contribution is 2.40. The Morgan fingerprint density at radius 2 is 1.73 bits per heavy atom. The first-order valence-corrected chi connectivity index (χ1v) is 16.2. The van der Waals surface area contributed by atoms with Crippen LogP contribution in [0.2, 0.25) is 18.1 Å². The molecule has 3 rings (SSSR count). The maximum absolute atomic E-state index is 12.7. The smallest absolute Gasteiger partial charge is 0.257 e. The van der Waals surface area contributed by atoms with Crippen molar-refractivity contribution >= 4 is 24.2 Å². The van der Waals surface area contributed by atoms with E-state index in [9.17, 15) is 13.2 Å². The van der Waals surface area contributed by atoms with Crippen molar-refractivity contribution in [1.82, 2.24) is 15.6 Å². The van der Waals surface area contributed by atoms with Crippen LogP contribution in [0, 0.1) is 12.8 Å². The fourth-order valence-corrected chi connectivity index (χ4v) is 6.52. The summed E-state index contributed by atoms with van der Waals surface area (Å²) >= 11 is 0.